The van der Waals surface area contributed by atoms with Gasteiger partial charge in [0.15, 0.2) is 0 Å². The van der Waals surface area contributed by atoms with E-state index in [0.717, 1.165) is 13.1 Å². The number of benzene rings is 1. The summed E-state index contributed by atoms with van der Waals surface area (Å²) in [7, 11) is -2.47. The number of esters is 1. The van der Waals surface area contributed by atoms with Crippen LogP contribution in [0.1, 0.15) is 24.2 Å². The highest BCUT2D eigenvalue weighted by Crippen LogP contribution is 2.13. The molecule has 0 radical (unpaired) electrons. The Morgan fingerprint density at radius 2 is 2.20 bits per heavy atom. The molecule has 1 unspecified atom stereocenters. The van der Waals surface area contributed by atoms with Crippen molar-refractivity contribution in [1.29, 1.82) is 0 Å². The topological polar surface area (TPSA) is 84.9 Å². The van der Waals surface area contributed by atoms with Gasteiger partial charge in [-0.2, -0.15) is 0 Å². The Morgan fingerprint density at radius 1 is 1.44 bits per heavy atom. The molecule has 7 nitrogen and oxygen atoms in total. The van der Waals surface area contributed by atoms with Crippen molar-refractivity contribution in [3.63, 3.8) is 0 Å². The smallest absolute Gasteiger partial charge is 0.337 e. The lowest BCUT2D eigenvalue weighted by molar-refractivity contribution is -0.0280. The van der Waals surface area contributed by atoms with Crippen LogP contribution < -0.4 is 4.72 Å². The van der Waals surface area contributed by atoms with Gasteiger partial charge < -0.3 is 9.47 Å². The van der Waals surface area contributed by atoms with Gasteiger partial charge in [0.25, 0.3) is 0 Å². The molecule has 1 heterocycles. The monoisotopic (exact) mass is 370 g/mol. The standard InChI is InChI=1S/C17H26N2O5S/c1-13(2)11-19-7-8-24-15(12-19)10-18-25(21,22)16-6-4-5-14(9-16)17(20)23-3/h4-6,9,13,15,18H,7-8,10-12H2,1-3H3. The molecular weight excluding hydrogens is 344 g/mol. The van der Waals surface area contributed by atoms with Crippen LogP contribution in [0.25, 0.3) is 0 Å². The second kappa shape index (κ2) is 8.75. The van der Waals surface area contributed by atoms with Crippen LogP contribution in [0.4, 0.5) is 0 Å². The highest BCUT2D eigenvalue weighted by molar-refractivity contribution is 7.89. The summed E-state index contributed by atoms with van der Waals surface area (Å²) < 4.78 is 37.8. The quantitative estimate of drug-likeness (QED) is 0.724. The van der Waals surface area contributed by atoms with Crippen molar-refractivity contribution in [1.82, 2.24) is 9.62 Å². The van der Waals surface area contributed by atoms with Gasteiger partial charge in [-0.1, -0.05) is 19.9 Å². The SMILES string of the molecule is COC(=O)c1cccc(S(=O)(=O)NCC2CN(CC(C)C)CCO2)c1. The van der Waals surface area contributed by atoms with Gasteiger partial charge in [-0.3, -0.25) is 4.90 Å². The highest BCUT2D eigenvalue weighted by atomic mass is 32.2. The van der Waals surface area contributed by atoms with Crippen LogP contribution in [0.5, 0.6) is 0 Å². The second-order valence-electron chi connectivity index (χ2n) is 6.52. The zero-order valence-corrected chi connectivity index (χ0v) is 15.7. The van der Waals surface area contributed by atoms with Gasteiger partial charge in [0.05, 0.1) is 30.3 Å². The molecule has 0 bridgehead atoms. The van der Waals surface area contributed by atoms with Gasteiger partial charge in [-0.15, -0.1) is 0 Å². The van der Waals surface area contributed by atoms with Crippen LogP contribution >= 0.6 is 0 Å². The molecule has 1 aromatic rings. The minimum atomic E-state index is -3.72. The van der Waals surface area contributed by atoms with Crippen molar-refractivity contribution in [2.24, 2.45) is 5.92 Å². The van der Waals surface area contributed by atoms with Crippen molar-refractivity contribution in [3.8, 4) is 0 Å². The first kappa shape index (κ1) is 19.8. The Balaban J connectivity index is 1.98. The zero-order valence-electron chi connectivity index (χ0n) is 14.9. The van der Waals surface area contributed by atoms with Crippen LogP contribution in [-0.4, -0.2) is 65.3 Å². The lowest BCUT2D eigenvalue weighted by atomic mass is 10.2. The Morgan fingerprint density at radius 3 is 2.88 bits per heavy atom. The van der Waals surface area contributed by atoms with E-state index in [-0.39, 0.29) is 23.1 Å². The number of carbonyl (C=O) groups excluding carboxylic acids is 1. The fourth-order valence-electron chi connectivity index (χ4n) is 2.78. The molecule has 1 fully saturated rings. The van der Waals surface area contributed by atoms with Gasteiger partial charge in [-0.05, 0) is 24.1 Å². The maximum Gasteiger partial charge on any atom is 0.337 e. The average molecular weight is 370 g/mol. The first-order chi connectivity index (χ1) is 11.8. The van der Waals surface area contributed by atoms with Crippen molar-refractivity contribution in [2.75, 3.05) is 39.9 Å². The second-order valence-corrected chi connectivity index (χ2v) is 8.28. The fourth-order valence-corrected chi connectivity index (χ4v) is 3.89. The van der Waals surface area contributed by atoms with Crippen molar-refractivity contribution in [3.05, 3.63) is 29.8 Å². The molecular formula is C17H26N2O5S. The Bertz CT molecular complexity index is 690. The lowest BCUT2D eigenvalue weighted by Crippen LogP contribution is -2.48. The molecule has 1 aliphatic rings. The first-order valence-corrected chi connectivity index (χ1v) is 9.82. The van der Waals surface area contributed by atoms with Crippen LogP contribution in [0.3, 0.4) is 0 Å². The van der Waals surface area contributed by atoms with Crippen LogP contribution in [0.2, 0.25) is 0 Å². The number of hydrogen-bond acceptors (Lipinski definition) is 6. The summed E-state index contributed by atoms with van der Waals surface area (Å²) in [6, 6.07) is 5.78. The number of nitrogens with zero attached hydrogens (tertiary/aromatic N) is 1. The lowest BCUT2D eigenvalue weighted by Gasteiger charge is -2.33. The number of methoxy groups -OCH3 is 1. The molecule has 1 aromatic carbocycles. The predicted molar refractivity (Wildman–Crippen MR) is 94.0 cm³/mol. The number of carbonyl (C=O) groups is 1. The molecule has 1 saturated heterocycles. The van der Waals surface area contributed by atoms with Gasteiger partial charge in [0, 0.05) is 26.2 Å². The average Bonchev–Trinajstić information content (AvgIpc) is 2.59. The van der Waals surface area contributed by atoms with E-state index in [1.54, 1.807) is 0 Å². The summed E-state index contributed by atoms with van der Waals surface area (Å²) in [5.74, 6) is -0.0199. The van der Waals surface area contributed by atoms with Crippen LogP contribution in [0.15, 0.2) is 29.2 Å². The minimum Gasteiger partial charge on any atom is -0.465 e. The van der Waals surface area contributed by atoms with E-state index >= 15 is 0 Å². The Hall–Kier alpha value is -1.48. The van der Waals surface area contributed by atoms with E-state index in [2.05, 4.69) is 28.2 Å². The largest absolute Gasteiger partial charge is 0.465 e. The maximum atomic E-state index is 12.5. The molecule has 0 spiro atoms. The molecule has 2 rings (SSSR count). The van der Waals surface area contributed by atoms with E-state index in [9.17, 15) is 13.2 Å². The molecule has 0 amide bonds. The van der Waals surface area contributed by atoms with E-state index in [1.807, 2.05) is 0 Å². The maximum absolute atomic E-state index is 12.5. The number of ether oxygens (including phenoxy) is 2. The molecule has 1 atom stereocenters. The van der Waals surface area contributed by atoms with Gasteiger partial charge in [-0.25, -0.2) is 17.9 Å². The Labute approximate surface area is 149 Å². The van der Waals surface area contributed by atoms with E-state index in [0.29, 0.717) is 19.1 Å². The summed E-state index contributed by atoms with van der Waals surface area (Å²) in [5, 5.41) is 0. The molecule has 0 aromatic heterocycles. The molecule has 0 saturated carbocycles. The van der Waals surface area contributed by atoms with E-state index in [1.165, 1.54) is 31.4 Å². The minimum absolute atomic E-state index is 0.0326. The van der Waals surface area contributed by atoms with Crippen LogP contribution in [0, 0.1) is 5.92 Å². The third-order valence-corrected chi connectivity index (χ3v) is 5.33. The van der Waals surface area contributed by atoms with E-state index in [4.69, 9.17) is 4.74 Å². The molecule has 0 aliphatic carbocycles. The number of morpholine rings is 1. The number of hydrogen-bond donors (Lipinski definition) is 1. The number of rotatable bonds is 7. The van der Waals surface area contributed by atoms with Crippen LogP contribution in [-0.2, 0) is 19.5 Å². The van der Waals surface area contributed by atoms with Gasteiger partial charge in [0.1, 0.15) is 0 Å². The molecule has 8 heteroatoms. The number of sulfonamides is 1. The van der Waals surface area contributed by atoms with E-state index < -0.39 is 16.0 Å². The highest BCUT2D eigenvalue weighted by Gasteiger charge is 2.24. The van der Waals surface area contributed by atoms with Gasteiger partial charge in [0.2, 0.25) is 10.0 Å². The molecule has 1 N–H and O–H groups in total. The third-order valence-electron chi connectivity index (χ3n) is 3.91. The summed E-state index contributed by atoms with van der Waals surface area (Å²) in [6.07, 6.45) is -0.189. The first-order valence-electron chi connectivity index (χ1n) is 8.34. The van der Waals surface area contributed by atoms with Crippen molar-refractivity contribution < 1.29 is 22.7 Å². The Kier molecular flexibility index (Phi) is 6.95. The summed E-state index contributed by atoms with van der Waals surface area (Å²) in [5.41, 5.74) is 0.197. The zero-order chi connectivity index (χ0) is 18.4. The normalized spacial score (nSPS) is 19.1. The van der Waals surface area contributed by atoms with Gasteiger partial charge >= 0.3 is 5.97 Å². The summed E-state index contributed by atoms with van der Waals surface area (Å²) >= 11 is 0. The third kappa shape index (κ3) is 5.78. The molecule has 140 valence electrons. The summed E-state index contributed by atoms with van der Waals surface area (Å²) in [4.78, 5) is 13.9. The van der Waals surface area contributed by atoms with Crippen molar-refractivity contribution in [2.45, 2.75) is 24.8 Å². The summed E-state index contributed by atoms with van der Waals surface area (Å²) in [6.45, 7) is 7.62. The van der Waals surface area contributed by atoms with Crippen molar-refractivity contribution >= 4 is 16.0 Å². The predicted octanol–water partition coefficient (Wildman–Crippen LogP) is 1.11. The molecule has 25 heavy (non-hydrogen) atoms. The number of nitrogens with one attached hydrogen (secondary N) is 1. The molecule has 1 aliphatic heterocycles. The fraction of sp³-hybridized carbons (Fsp3) is 0.588.